The number of nitrogens with zero attached hydrogens (tertiary/aromatic N) is 3. The molecule has 1 aliphatic heterocycles. The van der Waals surface area contributed by atoms with Crippen molar-refractivity contribution in [1.29, 1.82) is 0 Å². The lowest BCUT2D eigenvalue weighted by Crippen LogP contribution is -2.28. The maximum absolute atomic E-state index is 12.7. The van der Waals surface area contributed by atoms with Crippen LogP contribution in [0.4, 0.5) is 11.4 Å². The summed E-state index contributed by atoms with van der Waals surface area (Å²) in [7, 11) is 0. The highest BCUT2D eigenvalue weighted by Crippen LogP contribution is 2.36. The summed E-state index contributed by atoms with van der Waals surface area (Å²) in [6.07, 6.45) is 1.34. The molecule has 1 amide bonds. The minimum absolute atomic E-state index is 0.112. The number of non-ortho nitro benzene ring substituents is 1. The van der Waals surface area contributed by atoms with Crippen molar-refractivity contribution in [3.8, 4) is 11.5 Å². The van der Waals surface area contributed by atoms with Gasteiger partial charge in [-0.3, -0.25) is 19.8 Å². The third kappa shape index (κ3) is 4.10. The van der Waals surface area contributed by atoms with Gasteiger partial charge in [-0.25, -0.2) is 9.79 Å². The predicted octanol–water partition coefficient (Wildman–Crippen LogP) is 3.33. The number of carboxylic acid groups (broad SMARTS) is 1. The molecule has 11 heteroatoms. The number of amides is 1. The lowest BCUT2D eigenvalue weighted by Gasteiger charge is -2.12. The van der Waals surface area contributed by atoms with Crippen molar-refractivity contribution in [2.24, 2.45) is 4.99 Å². The van der Waals surface area contributed by atoms with Crippen LogP contribution in [0.3, 0.4) is 0 Å². The largest absolute Gasteiger partial charge is 0.507 e. The smallest absolute Gasteiger partial charge is 0.339 e. The number of aromatic hydroxyl groups is 2. The number of phenolic OH excluding ortho intramolecular Hbond substituents is 1. The first kappa shape index (κ1) is 20.9. The number of aromatic carboxylic acids is 1. The van der Waals surface area contributed by atoms with Crippen molar-refractivity contribution in [1.82, 2.24) is 4.90 Å². The average molecular weight is 429 g/mol. The van der Waals surface area contributed by atoms with E-state index < -0.39 is 22.5 Å². The molecule has 154 valence electrons. The number of nitro benzene ring substituents is 1. The first-order chi connectivity index (χ1) is 14.2. The molecule has 0 unspecified atom stereocenters. The zero-order valence-corrected chi connectivity index (χ0v) is 16.3. The van der Waals surface area contributed by atoms with E-state index in [9.17, 15) is 29.9 Å². The van der Waals surface area contributed by atoms with Crippen molar-refractivity contribution in [2.45, 2.75) is 6.92 Å². The first-order valence-corrected chi connectivity index (χ1v) is 9.36. The van der Waals surface area contributed by atoms with Crippen LogP contribution < -0.4 is 0 Å². The molecule has 1 saturated heterocycles. The van der Waals surface area contributed by atoms with Crippen molar-refractivity contribution in [3.05, 3.63) is 62.5 Å². The Morgan fingerprint density at radius 3 is 2.57 bits per heavy atom. The maximum atomic E-state index is 12.7. The molecule has 1 aliphatic rings. The Morgan fingerprint density at radius 1 is 1.23 bits per heavy atom. The van der Waals surface area contributed by atoms with Gasteiger partial charge in [0.1, 0.15) is 17.1 Å². The Hall–Kier alpha value is -3.86. The standard InChI is InChI=1S/C19H15N3O7S/c1-2-21-17(25)16(8-10-7-12(22(28)29)4-6-14(10)23)30-19(21)20-11-3-5-13(18(26)27)15(24)9-11/h3-9,23-24H,2H2,1H3,(H,26,27)/b16-8-,20-19?. The fourth-order valence-electron chi connectivity index (χ4n) is 2.66. The molecule has 2 aromatic carbocycles. The Kier molecular flexibility index (Phi) is 5.74. The molecule has 0 aliphatic carbocycles. The molecule has 3 rings (SSSR count). The predicted molar refractivity (Wildman–Crippen MR) is 110 cm³/mol. The van der Waals surface area contributed by atoms with Crippen molar-refractivity contribution in [3.63, 3.8) is 0 Å². The van der Waals surface area contributed by atoms with E-state index in [1.807, 2.05) is 0 Å². The van der Waals surface area contributed by atoms with Crippen LogP contribution in [-0.4, -0.2) is 48.7 Å². The molecule has 0 atom stereocenters. The number of likely N-dealkylation sites (N-methyl/N-ethyl adjacent to an activating group) is 1. The van der Waals surface area contributed by atoms with Crippen LogP contribution >= 0.6 is 11.8 Å². The molecule has 0 aromatic heterocycles. The van der Waals surface area contributed by atoms with E-state index in [1.54, 1.807) is 6.92 Å². The molecule has 10 nitrogen and oxygen atoms in total. The van der Waals surface area contributed by atoms with Crippen LogP contribution in [0.15, 0.2) is 46.3 Å². The van der Waals surface area contributed by atoms with E-state index >= 15 is 0 Å². The van der Waals surface area contributed by atoms with E-state index in [-0.39, 0.29) is 44.9 Å². The van der Waals surface area contributed by atoms with Gasteiger partial charge >= 0.3 is 5.97 Å². The van der Waals surface area contributed by atoms with E-state index in [0.717, 1.165) is 23.9 Å². The highest BCUT2D eigenvalue weighted by molar-refractivity contribution is 8.18. The molecule has 30 heavy (non-hydrogen) atoms. The molecule has 0 bridgehead atoms. The van der Waals surface area contributed by atoms with Crippen LogP contribution in [-0.2, 0) is 4.79 Å². The third-order valence-corrected chi connectivity index (χ3v) is 5.16. The maximum Gasteiger partial charge on any atom is 0.339 e. The van der Waals surface area contributed by atoms with Crippen LogP contribution in [0.5, 0.6) is 11.5 Å². The summed E-state index contributed by atoms with van der Waals surface area (Å²) >= 11 is 0.989. The minimum Gasteiger partial charge on any atom is -0.507 e. The zero-order chi connectivity index (χ0) is 22.0. The Labute approximate surface area is 173 Å². The highest BCUT2D eigenvalue weighted by atomic mass is 32.2. The van der Waals surface area contributed by atoms with Gasteiger partial charge in [0.15, 0.2) is 5.17 Å². The number of benzene rings is 2. The summed E-state index contributed by atoms with van der Waals surface area (Å²) in [5, 5.41) is 40.0. The number of thioether (sulfide) groups is 1. The molecular formula is C19H15N3O7S. The fraction of sp³-hybridized carbons (Fsp3) is 0.105. The summed E-state index contributed by atoms with van der Waals surface area (Å²) in [5.74, 6) is -2.36. The number of amidine groups is 1. The summed E-state index contributed by atoms with van der Waals surface area (Å²) in [4.78, 5) is 39.9. The quantitative estimate of drug-likeness (QED) is 0.371. The number of carboxylic acids is 1. The van der Waals surface area contributed by atoms with Gasteiger partial charge in [0.05, 0.1) is 15.5 Å². The van der Waals surface area contributed by atoms with Crippen LogP contribution in [0.1, 0.15) is 22.8 Å². The summed E-state index contributed by atoms with van der Waals surface area (Å²) in [6.45, 7) is 2.01. The summed E-state index contributed by atoms with van der Waals surface area (Å²) < 4.78 is 0. The second kappa shape index (κ2) is 8.25. The van der Waals surface area contributed by atoms with Crippen LogP contribution in [0.25, 0.3) is 6.08 Å². The lowest BCUT2D eigenvalue weighted by molar-refractivity contribution is -0.384. The number of aliphatic imine (C=N–C) groups is 1. The van der Waals surface area contributed by atoms with Gasteiger partial charge in [-0.15, -0.1) is 0 Å². The number of carbonyl (C=O) groups excluding carboxylic acids is 1. The lowest BCUT2D eigenvalue weighted by atomic mass is 10.1. The van der Waals surface area contributed by atoms with Crippen LogP contribution in [0.2, 0.25) is 0 Å². The number of rotatable bonds is 5. The third-order valence-electron chi connectivity index (χ3n) is 4.15. The second-order valence-electron chi connectivity index (χ2n) is 6.06. The van der Waals surface area contributed by atoms with Gasteiger partial charge < -0.3 is 15.3 Å². The SMILES string of the molecule is CCN1C(=O)/C(=C/c2cc([N+](=O)[O-])ccc2O)SC1=Nc1ccc(C(=O)O)c(O)c1. The molecule has 1 fully saturated rings. The van der Waals surface area contributed by atoms with Gasteiger partial charge in [-0.05, 0) is 43.0 Å². The second-order valence-corrected chi connectivity index (χ2v) is 7.07. The van der Waals surface area contributed by atoms with E-state index in [1.165, 1.54) is 35.2 Å². The van der Waals surface area contributed by atoms with Crippen LogP contribution in [0, 0.1) is 10.1 Å². The minimum atomic E-state index is -1.28. The number of hydrogen-bond donors (Lipinski definition) is 3. The van der Waals surface area contributed by atoms with Gasteiger partial charge in [-0.2, -0.15) is 0 Å². The zero-order valence-electron chi connectivity index (χ0n) is 15.5. The average Bonchev–Trinajstić information content (AvgIpc) is 2.97. The van der Waals surface area contributed by atoms with Crippen molar-refractivity contribution < 1.29 is 29.8 Å². The number of carbonyl (C=O) groups is 2. The molecule has 0 saturated carbocycles. The summed E-state index contributed by atoms with van der Waals surface area (Å²) in [5.41, 5.74) is -0.153. The molecule has 0 radical (unpaired) electrons. The van der Waals surface area contributed by atoms with E-state index in [2.05, 4.69) is 4.99 Å². The number of hydrogen-bond acceptors (Lipinski definition) is 8. The number of nitro groups is 1. The molecule has 3 N–H and O–H groups in total. The van der Waals surface area contributed by atoms with E-state index in [0.29, 0.717) is 0 Å². The Morgan fingerprint density at radius 2 is 1.97 bits per heavy atom. The van der Waals surface area contributed by atoms with Crippen molar-refractivity contribution in [2.75, 3.05) is 6.54 Å². The Bertz CT molecular complexity index is 1130. The first-order valence-electron chi connectivity index (χ1n) is 8.55. The monoisotopic (exact) mass is 429 g/mol. The molecule has 2 aromatic rings. The summed E-state index contributed by atoms with van der Waals surface area (Å²) in [6, 6.07) is 7.25. The van der Waals surface area contributed by atoms with Gasteiger partial charge in [0.2, 0.25) is 0 Å². The molecular weight excluding hydrogens is 414 g/mol. The normalized spacial score (nSPS) is 16.4. The van der Waals surface area contributed by atoms with Gasteiger partial charge in [0, 0.05) is 30.3 Å². The van der Waals surface area contributed by atoms with Crippen molar-refractivity contribution >= 4 is 46.3 Å². The molecule has 1 heterocycles. The number of phenols is 2. The Balaban J connectivity index is 1.98. The molecule has 0 spiro atoms. The van der Waals surface area contributed by atoms with E-state index in [4.69, 9.17) is 5.11 Å². The highest BCUT2D eigenvalue weighted by Gasteiger charge is 2.32. The van der Waals surface area contributed by atoms with Gasteiger partial charge in [-0.1, -0.05) is 0 Å². The fourth-order valence-corrected chi connectivity index (χ4v) is 3.72. The topological polar surface area (TPSA) is 154 Å². The van der Waals surface area contributed by atoms with Gasteiger partial charge in [0.25, 0.3) is 11.6 Å².